The van der Waals surface area contributed by atoms with Crippen LogP contribution in [0.2, 0.25) is 0 Å². The third-order valence-corrected chi connectivity index (χ3v) is 3.67. The molecule has 112 valence electrons. The van der Waals surface area contributed by atoms with Gasteiger partial charge in [-0.25, -0.2) is 8.78 Å². The molecule has 0 saturated carbocycles. The van der Waals surface area contributed by atoms with E-state index in [1.54, 1.807) is 30.3 Å². The monoisotopic (exact) mass is 301 g/mol. The van der Waals surface area contributed by atoms with Gasteiger partial charge in [0, 0.05) is 0 Å². The molecule has 2 aromatic carbocycles. The number of halogens is 2. The molecular weight excluding hydrogens is 288 g/mol. The lowest BCUT2D eigenvalue weighted by Gasteiger charge is -2.19. The molecule has 1 aliphatic rings. The van der Waals surface area contributed by atoms with Crippen molar-refractivity contribution in [3.8, 4) is 0 Å². The van der Waals surface area contributed by atoms with Gasteiger partial charge in [0.1, 0.15) is 0 Å². The molecule has 0 unspecified atom stereocenters. The minimum absolute atomic E-state index is 0.187. The van der Waals surface area contributed by atoms with Crippen LogP contribution in [0, 0.1) is 0 Å². The minimum atomic E-state index is -1.97. The zero-order valence-corrected chi connectivity index (χ0v) is 11.6. The number of amides is 2. The zero-order chi connectivity index (χ0) is 15.7. The summed E-state index contributed by atoms with van der Waals surface area (Å²) in [6.45, 7) is -0.595. The van der Waals surface area contributed by atoms with Gasteiger partial charge in [-0.1, -0.05) is 42.5 Å². The number of hydrogen-bond acceptors (Lipinski definition) is 2. The summed E-state index contributed by atoms with van der Waals surface area (Å²) in [5.74, 6) is -1.16. The van der Waals surface area contributed by atoms with E-state index in [0.717, 1.165) is 4.90 Å². The highest BCUT2D eigenvalue weighted by Gasteiger charge is 2.38. The number of carbonyl (C=O) groups is 2. The van der Waals surface area contributed by atoms with E-state index in [9.17, 15) is 18.4 Å². The first-order chi connectivity index (χ1) is 10.6. The molecule has 1 aliphatic heterocycles. The fourth-order valence-corrected chi connectivity index (χ4v) is 2.52. The van der Waals surface area contributed by atoms with Crippen LogP contribution in [-0.4, -0.2) is 29.4 Å². The fourth-order valence-electron chi connectivity index (χ4n) is 2.52. The Bertz CT molecular complexity index is 683. The lowest BCUT2D eigenvalue weighted by molar-refractivity contribution is 0.0555. The van der Waals surface area contributed by atoms with Gasteiger partial charge in [-0.15, -0.1) is 0 Å². The van der Waals surface area contributed by atoms with Gasteiger partial charge in [0.25, 0.3) is 11.8 Å². The highest BCUT2D eigenvalue weighted by molar-refractivity contribution is 6.21. The smallest absolute Gasteiger partial charge is 0.261 e. The van der Waals surface area contributed by atoms with Gasteiger partial charge < -0.3 is 0 Å². The highest BCUT2D eigenvalue weighted by Crippen LogP contribution is 2.28. The van der Waals surface area contributed by atoms with Gasteiger partial charge in [0.15, 0.2) is 12.3 Å². The Balaban J connectivity index is 1.77. The van der Waals surface area contributed by atoms with E-state index in [2.05, 4.69) is 0 Å². The van der Waals surface area contributed by atoms with Crippen molar-refractivity contribution in [2.24, 2.45) is 0 Å². The van der Waals surface area contributed by atoms with Crippen molar-refractivity contribution in [1.29, 1.82) is 0 Å². The lowest BCUT2D eigenvalue weighted by atomic mass is 10.1. The topological polar surface area (TPSA) is 37.4 Å². The molecule has 0 aromatic heterocycles. The van der Waals surface area contributed by atoms with Gasteiger partial charge in [-0.3, -0.25) is 14.5 Å². The van der Waals surface area contributed by atoms with Crippen LogP contribution in [-0.2, 0) is 0 Å². The molecule has 0 spiro atoms. The highest BCUT2D eigenvalue weighted by atomic mass is 19.2. The van der Waals surface area contributed by atoms with E-state index in [0.29, 0.717) is 0 Å². The molecular formula is C17H13F2NO2. The third-order valence-electron chi connectivity index (χ3n) is 3.67. The molecule has 22 heavy (non-hydrogen) atoms. The predicted molar refractivity (Wildman–Crippen MR) is 77.0 cm³/mol. The number of hydrogen-bond donors (Lipinski definition) is 0. The standard InChI is InChI=1S/C17H13F2NO2/c18-14(15(19)11-6-2-1-3-7-11)10-20-16(21)12-8-4-5-9-13(12)17(20)22/h1-9,14-15H,10H2/t14-,15-/m1/s1. The maximum Gasteiger partial charge on any atom is 0.261 e. The van der Waals surface area contributed by atoms with Crippen LogP contribution in [0.3, 0.4) is 0 Å². The largest absolute Gasteiger partial charge is 0.271 e. The minimum Gasteiger partial charge on any atom is -0.271 e. The number of imide groups is 1. The normalized spacial score (nSPS) is 16.5. The quantitative estimate of drug-likeness (QED) is 0.812. The summed E-state index contributed by atoms with van der Waals surface area (Å²) < 4.78 is 28.3. The average Bonchev–Trinajstić information content (AvgIpc) is 2.80. The van der Waals surface area contributed by atoms with Crippen molar-refractivity contribution in [1.82, 2.24) is 4.90 Å². The van der Waals surface area contributed by atoms with Crippen molar-refractivity contribution in [3.63, 3.8) is 0 Å². The van der Waals surface area contributed by atoms with E-state index < -0.39 is 30.7 Å². The number of carbonyl (C=O) groups excluding carboxylic acids is 2. The van der Waals surface area contributed by atoms with Gasteiger partial charge >= 0.3 is 0 Å². The Kier molecular flexibility index (Phi) is 3.71. The Morgan fingerprint density at radius 3 is 1.86 bits per heavy atom. The molecule has 1 heterocycles. The molecule has 0 radical (unpaired) electrons. The molecule has 3 nitrogen and oxygen atoms in total. The molecule has 5 heteroatoms. The third kappa shape index (κ3) is 2.39. The van der Waals surface area contributed by atoms with Crippen LogP contribution in [0.4, 0.5) is 8.78 Å². The molecule has 0 fully saturated rings. The Morgan fingerprint density at radius 1 is 0.818 bits per heavy atom. The maximum atomic E-state index is 14.2. The van der Waals surface area contributed by atoms with Crippen LogP contribution >= 0.6 is 0 Å². The first-order valence-electron chi connectivity index (χ1n) is 6.88. The van der Waals surface area contributed by atoms with Gasteiger partial charge in [0.2, 0.25) is 0 Å². The molecule has 0 aliphatic carbocycles. The second-order valence-corrected chi connectivity index (χ2v) is 5.09. The SMILES string of the molecule is O=C1c2ccccc2C(=O)N1C[C@@H](F)[C@H](F)c1ccccc1. The second kappa shape index (κ2) is 5.67. The van der Waals surface area contributed by atoms with Crippen molar-refractivity contribution in [2.75, 3.05) is 6.54 Å². The summed E-state index contributed by atoms with van der Waals surface area (Å²) in [6, 6.07) is 14.1. The fraction of sp³-hybridized carbons (Fsp3) is 0.176. The number of fused-ring (bicyclic) bond motifs is 1. The van der Waals surface area contributed by atoms with Crippen molar-refractivity contribution >= 4 is 11.8 Å². The predicted octanol–water partition coefficient (Wildman–Crippen LogP) is 3.33. The van der Waals surface area contributed by atoms with Crippen LogP contribution in [0.1, 0.15) is 32.5 Å². The summed E-state index contributed by atoms with van der Waals surface area (Å²) in [7, 11) is 0. The molecule has 2 amide bonds. The van der Waals surface area contributed by atoms with E-state index >= 15 is 0 Å². The summed E-state index contributed by atoms with van der Waals surface area (Å²) in [6.07, 6.45) is -3.85. The van der Waals surface area contributed by atoms with E-state index in [1.165, 1.54) is 24.3 Å². The number of nitrogens with zero attached hydrogens (tertiary/aromatic N) is 1. The number of benzene rings is 2. The molecule has 0 bridgehead atoms. The van der Waals surface area contributed by atoms with Crippen molar-refractivity contribution in [2.45, 2.75) is 12.3 Å². The Labute approximate surface area is 126 Å². The zero-order valence-electron chi connectivity index (χ0n) is 11.6. The van der Waals surface area contributed by atoms with E-state index in [4.69, 9.17) is 0 Å². The van der Waals surface area contributed by atoms with Crippen molar-refractivity contribution in [3.05, 3.63) is 71.3 Å². The molecule has 3 rings (SSSR count). The maximum absolute atomic E-state index is 14.2. The average molecular weight is 301 g/mol. The first-order valence-corrected chi connectivity index (χ1v) is 6.88. The Morgan fingerprint density at radius 2 is 1.32 bits per heavy atom. The van der Waals surface area contributed by atoms with E-state index in [1.807, 2.05) is 0 Å². The second-order valence-electron chi connectivity index (χ2n) is 5.09. The molecule has 2 atom stereocenters. The van der Waals surface area contributed by atoms with Crippen LogP contribution < -0.4 is 0 Å². The summed E-state index contributed by atoms with van der Waals surface area (Å²) in [5.41, 5.74) is 0.649. The summed E-state index contributed by atoms with van der Waals surface area (Å²) in [5, 5.41) is 0. The summed E-state index contributed by atoms with van der Waals surface area (Å²) >= 11 is 0. The molecule has 0 saturated heterocycles. The van der Waals surface area contributed by atoms with Crippen molar-refractivity contribution < 1.29 is 18.4 Å². The van der Waals surface area contributed by atoms with Gasteiger partial charge in [-0.05, 0) is 17.7 Å². The van der Waals surface area contributed by atoms with Gasteiger partial charge in [-0.2, -0.15) is 0 Å². The molecule has 2 aromatic rings. The number of alkyl halides is 2. The lowest BCUT2D eigenvalue weighted by Crippen LogP contribution is -2.36. The van der Waals surface area contributed by atoms with Crippen LogP contribution in [0.5, 0.6) is 0 Å². The van der Waals surface area contributed by atoms with Crippen LogP contribution in [0.25, 0.3) is 0 Å². The Hall–Kier alpha value is -2.56. The van der Waals surface area contributed by atoms with E-state index in [-0.39, 0.29) is 16.7 Å². The molecule has 0 N–H and O–H groups in total. The van der Waals surface area contributed by atoms with Crippen LogP contribution in [0.15, 0.2) is 54.6 Å². The van der Waals surface area contributed by atoms with Gasteiger partial charge in [0.05, 0.1) is 17.7 Å². The number of rotatable bonds is 4. The first kappa shape index (κ1) is 14.4. The summed E-state index contributed by atoms with van der Waals surface area (Å²) in [4.78, 5) is 25.0.